The number of hydrogen-bond acceptors (Lipinski definition) is 4. The van der Waals surface area contributed by atoms with Crippen LogP contribution in [0.25, 0.3) is 10.9 Å². The number of nitrogens with one attached hydrogen (secondary N) is 1. The van der Waals surface area contributed by atoms with E-state index in [9.17, 15) is 19.8 Å². The highest BCUT2D eigenvalue weighted by Crippen LogP contribution is 2.13. The zero-order chi connectivity index (χ0) is 17.7. The Kier molecular flexibility index (Phi) is 5.87. The molecule has 0 saturated carbocycles. The fourth-order valence-corrected chi connectivity index (χ4v) is 2.45. The Labute approximate surface area is 140 Å². The van der Waals surface area contributed by atoms with Gasteiger partial charge in [-0.2, -0.15) is 0 Å². The summed E-state index contributed by atoms with van der Waals surface area (Å²) in [7, 11) is 0. The fraction of sp³-hybridized carbons (Fsp3) is 0.389. The van der Waals surface area contributed by atoms with E-state index in [1.807, 2.05) is 44.2 Å². The minimum absolute atomic E-state index is 0.0559. The van der Waals surface area contributed by atoms with Gasteiger partial charge in [0.1, 0.15) is 12.1 Å². The van der Waals surface area contributed by atoms with Crippen LogP contribution in [0.3, 0.4) is 0 Å². The summed E-state index contributed by atoms with van der Waals surface area (Å²) in [5, 5.41) is 22.5. The lowest BCUT2D eigenvalue weighted by Crippen LogP contribution is -2.47. The number of carboxylic acid groups (broad SMARTS) is 1. The lowest BCUT2D eigenvalue weighted by Gasteiger charge is -2.18. The first-order valence-electron chi connectivity index (χ1n) is 7.92. The number of carbonyl (C=O) groups excluding carboxylic acids is 1. The van der Waals surface area contributed by atoms with Gasteiger partial charge in [-0.15, -0.1) is 0 Å². The smallest absolute Gasteiger partial charge is 0.326 e. The van der Waals surface area contributed by atoms with Crippen LogP contribution in [0.4, 0.5) is 0 Å². The molecule has 128 valence electrons. The maximum absolute atomic E-state index is 12.0. The molecule has 0 aliphatic carbocycles. The van der Waals surface area contributed by atoms with E-state index >= 15 is 0 Å². The molecule has 2 atom stereocenters. The monoisotopic (exact) mass is 330 g/mol. The van der Waals surface area contributed by atoms with Crippen molar-refractivity contribution in [1.82, 2.24) is 10.3 Å². The first-order valence-corrected chi connectivity index (χ1v) is 7.92. The number of carbonyl (C=O) groups is 2. The van der Waals surface area contributed by atoms with Gasteiger partial charge < -0.3 is 15.5 Å². The third-order valence-corrected chi connectivity index (χ3v) is 3.68. The van der Waals surface area contributed by atoms with Crippen LogP contribution in [0.5, 0.6) is 0 Å². The molecule has 6 nitrogen and oxygen atoms in total. The lowest BCUT2D eigenvalue weighted by atomic mass is 10.0. The largest absolute Gasteiger partial charge is 0.480 e. The standard InChI is InChI=1S/C18H22N2O4/c1-11(2)9-16(21)17(22)20-15(18(23)24)10-13-8-7-12-5-3-4-6-14(12)19-13/h3-8,11,15-16,21H,9-10H2,1-2H3,(H,20,22)(H,23,24)/t15-,16+/m1/s1. The van der Waals surface area contributed by atoms with Crippen LogP contribution in [0.2, 0.25) is 0 Å². The lowest BCUT2D eigenvalue weighted by molar-refractivity contribution is -0.143. The summed E-state index contributed by atoms with van der Waals surface area (Å²) in [6.07, 6.45) is -0.872. The molecule has 3 N–H and O–H groups in total. The number of rotatable bonds is 7. The molecule has 0 unspecified atom stereocenters. The van der Waals surface area contributed by atoms with Crippen LogP contribution in [0.1, 0.15) is 26.0 Å². The molecule has 0 aliphatic rings. The summed E-state index contributed by atoms with van der Waals surface area (Å²) < 4.78 is 0. The molecule has 0 bridgehead atoms. The number of fused-ring (bicyclic) bond motifs is 1. The van der Waals surface area contributed by atoms with Crippen LogP contribution >= 0.6 is 0 Å². The second-order valence-electron chi connectivity index (χ2n) is 6.24. The molecular weight excluding hydrogens is 308 g/mol. The van der Waals surface area contributed by atoms with E-state index in [0.717, 1.165) is 10.9 Å². The number of carboxylic acids is 1. The minimum Gasteiger partial charge on any atom is -0.480 e. The highest BCUT2D eigenvalue weighted by atomic mass is 16.4. The van der Waals surface area contributed by atoms with Crippen molar-refractivity contribution in [3.8, 4) is 0 Å². The van der Waals surface area contributed by atoms with Crippen LogP contribution in [0.15, 0.2) is 36.4 Å². The number of aliphatic carboxylic acids is 1. The van der Waals surface area contributed by atoms with E-state index in [0.29, 0.717) is 5.69 Å². The van der Waals surface area contributed by atoms with Crippen LogP contribution in [0, 0.1) is 5.92 Å². The van der Waals surface area contributed by atoms with E-state index in [-0.39, 0.29) is 18.8 Å². The number of benzene rings is 1. The number of nitrogens with zero attached hydrogens (tertiary/aromatic N) is 1. The average Bonchev–Trinajstić information content (AvgIpc) is 2.53. The Morgan fingerprint density at radius 3 is 2.54 bits per heavy atom. The summed E-state index contributed by atoms with van der Waals surface area (Å²) in [6.45, 7) is 3.76. The summed E-state index contributed by atoms with van der Waals surface area (Å²) in [5.41, 5.74) is 1.34. The van der Waals surface area contributed by atoms with Crippen molar-refractivity contribution in [3.05, 3.63) is 42.1 Å². The van der Waals surface area contributed by atoms with E-state index in [2.05, 4.69) is 10.3 Å². The Morgan fingerprint density at radius 2 is 1.88 bits per heavy atom. The molecule has 1 heterocycles. The van der Waals surface area contributed by atoms with Crippen molar-refractivity contribution in [3.63, 3.8) is 0 Å². The first kappa shape index (κ1) is 17.9. The van der Waals surface area contributed by atoms with Gasteiger partial charge >= 0.3 is 5.97 Å². The van der Waals surface area contributed by atoms with Crippen molar-refractivity contribution < 1.29 is 19.8 Å². The van der Waals surface area contributed by atoms with Gasteiger partial charge in [-0.25, -0.2) is 4.79 Å². The Bertz CT molecular complexity index is 730. The molecule has 24 heavy (non-hydrogen) atoms. The number of amides is 1. The molecule has 0 radical (unpaired) electrons. The topological polar surface area (TPSA) is 99.5 Å². The fourth-order valence-electron chi connectivity index (χ4n) is 2.45. The number of para-hydroxylation sites is 1. The van der Waals surface area contributed by atoms with Crippen LogP contribution < -0.4 is 5.32 Å². The number of pyridine rings is 1. The molecule has 0 saturated heterocycles. The van der Waals surface area contributed by atoms with Crippen molar-refractivity contribution in [2.24, 2.45) is 5.92 Å². The van der Waals surface area contributed by atoms with Crippen molar-refractivity contribution in [2.75, 3.05) is 0 Å². The molecule has 1 aromatic carbocycles. The van der Waals surface area contributed by atoms with Gasteiger partial charge in [-0.1, -0.05) is 38.1 Å². The summed E-state index contributed by atoms with van der Waals surface area (Å²) in [4.78, 5) is 27.8. The predicted octanol–water partition coefficient (Wildman–Crippen LogP) is 1.75. The molecule has 0 spiro atoms. The second-order valence-corrected chi connectivity index (χ2v) is 6.24. The Balaban J connectivity index is 2.09. The summed E-state index contributed by atoms with van der Waals surface area (Å²) >= 11 is 0. The van der Waals surface area contributed by atoms with E-state index in [4.69, 9.17) is 0 Å². The first-order chi connectivity index (χ1) is 11.4. The molecule has 6 heteroatoms. The van der Waals surface area contributed by atoms with Crippen LogP contribution in [-0.4, -0.2) is 39.2 Å². The van der Waals surface area contributed by atoms with Gasteiger partial charge in [0, 0.05) is 17.5 Å². The quantitative estimate of drug-likeness (QED) is 0.718. The van der Waals surface area contributed by atoms with E-state index in [1.165, 1.54) is 0 Å². The minimum atomic E-state index is -1.21. The number of hydrogen-bond donors (Lipinski definition) is 3. The maximum Gasteiger partial charge on any atom is 0.326 e. The molecule has 2 rings (SSSR count). The van der Waals surface area contributed by atoms with E-state index < -0.39 is 24.0 Å². The third kappa shape index (κ3) is 4.76. The Hall–Kier alpha value is -2.47. The SMILES string of the molecule is CC(C)C[C@H](O)C(=O)N[C@H](Cc1ccc2ccccc2n1)C(=O)O. The third-order valence-electron chi connectivity index (χ3n) is 3.68. The molecule has 0 aliphatic heterocycles. The Morgan fingerprint density at radius 1 is 1.17 bits per heavy atom. The highest BCUT2D eigenvalue weighted by Gasteiger charge is 2.25. The van der Waals surface area contributed by atoms with E-state index in [1.54, 1.807) is 6.07 Å². The van der Waals surface area contributed by atoms with Crippen molar-refractivity contribution >= 4 is 22.8 Å². The molecule has 0 fully saturated rings. The van der Waals surface area contributed by atoms with Gasteiger partial charge in [0.15, 0.2) is 0 Å². The predicted molar refractivity (Wildman–Crippen MR) is 90.5 cm³/mol. The van der Waals surface area contributed by atoms with Gasteiger partial charge in [0.2, 0.25) is 5.91 Å². The molecule has 1 amide bonds. The molecule has 1 aromatic heterocycles. The molecule has 2 aromatic rings. The average molecular weight is 330 g/mol. The normalized spacial score (nSPS) is 13.7. The number of aliphatic hydroxyl groups excluding tert-OH is 1. The maximum atomic E-state index is 12.0. The summed E-state index contributed by atoms with van der Waals surface area (Å²) in [6, 6.07) is 10.0. The number of aliphatic hydroxyl groups is 1. The molecular formula is C18H22N2O4. The van der Waals surface area contributed by atoms with Gasteiger partial charge in [-0.3, -0.25) is 9.78 Å². The number of aromatic nitrogens is 1. The van der Waals surface area contributed by atoms with Gasteiger partial charge in [-0.05, 0) is 24.5 Å². The summed E-state index contributed by atoms with van der Waals surface area (Å²) in [5.74, 6) is -1.69. The van der Waals surface area contributed by atoms with Crippen molar-refractivity contribution in [2.45, 2.75) is 38.8 Å². The van der Waals surface area contributed by atoms with Gasteiger partial charge in [0.25, 0.3) is 0 Å². The van der Waals surface area contributed by atoms with Crippen LogP contribution in [-0.2, 0) is 16.0 Å². The second kappa shape index (κ2) is 7.88. The van der Waals surface area contributed by atoms with Gasteiger partial charge in [0.05, 0.1) is 5.52 Å². The highest BCUT2D eigenvalue weighted by molar-refractivity contribution is 5.86. The van der Waals surface area contributed by atoms with Crippen molar-refractivity contribution in [1.29, 1.82) is 0 Å². The zero-order valence-corrected chi connectivity index (χ0v) is 13.8. The zero-order valence-electron chi connectivity index (χ0n) is 13.8.